The number of thioether (sulfide) groups is 1. The largest absolute Gasteiger partial charge is 0.351 e. The lowest BCUT2D eigenvalue weighted by molar-refractivity contribution is -0.121. The topological polar surface area (TPSA) is 64.0 Å². The average molecular weight is 307 g/mol. The molecule has 7 heteroatoms. The maximum Gasteiger partial charge on any atom is 0.254 e. The molecule has 0 spiro atoms. The van der Waals surface area contributed by atoms with Crippen LogP contribution in [0.2, 0.25) is 0 Å². The number of carbonyl (C=O) groups is 1. The van der Waals surface area contributed by atoms with E-state index in [1.807, 2.05) is 17.5 Å². The Kier molecular flexibility index (Phi) is 3.88. The molecule has 0 radical (unpaired) electrons. The standard InChI is InChI=1S/C13H13N3O2S2/c17-11(15-7-10-2-1-5-19-10)6-9-8-20-13-14-4-3-12(18)16(9)13/h1-5,9H,6-8H2,(H,15,17)/t9-/m1/s1. The van der Waals surface area contributed by atoms with Crippen molar-refractivity contribution in [1.29, 1.82) is 0 Å². The lowest BCUT2D eigenvalue weighted by atomic mass is 10.2. The number of hydrogen-bond donors (Lipinski definition) is 1. The molecule has 1 aliphatic rings. The summed E-state index contributed by atoms with van der Waals surface area (Å²) in [4.78, 5) is 29.1. The molecule has 20 heavy (non-hydrogen) atoms. The van der Waals surface area contributed by atoms with Crippen LogP contribution >= 0.6 is 23.1 Å². The number of nitrogens with one attached hydrogen (secondary N) is 1. The van der Waals surface area contributed by atoms with Gasteiger partial charge in [0.1, 0.15) is 0 Å². The van der Waals surface area contributed by atoms with Gasteiger partial charge in [-0.15, -0.1) is 11.3 Å². The molecule has 0 unspecified atom stereocenters. The molecule has 0 bridgehead atoms. The summed E-state index contributed by atoms with van der Waals surface area (Å²) in [5.41, 5.74) is -0.0870. The summed E-state index contributed by atoms with van der Waals surface area (Å²) in [7, 11) is 0. The second-order valence-electron chi connectivity index (χ2n) is 4.46. The molecule has 3 heterocycles. The van der Waals surface area contributed by atoms with E-state index in [0.29, 0.717) is 18.1 Å². The van der Waals surface area contributed by atoms with Crippen molar-refractivity contribution in [3.8, 4) is 0 Å². The zero-order chi connectivity index (χ0) is 13.9. The number of fused-ring (bicyclic) bond motifs is 1. The van der Waals surface area contributed by atoms with Gasteiger partial charge >= 0.3 is 0 Å². The Hall–Kier alpha value is -1.60. The molecule has 5 nitrogen and oxygen atoms in total. The first kappa shape index (κ1) is 13.4. The van der Waals surface area contributed by atoms with E-state index in [9.17, 15) is 9.59 Å². The second kappa shape index (κ2) is 5.80. The Morgan fingerprint density at radius 3 is 3.20 bits per heavy atom. The van der Waals surface area contributed by atoms with E-state index in [1.54, 1.807) is 15.9 Å². The summed E-state index contributed by atoms with van der Waals surface area (Å²) in [6.07, 6.45) is 1.83. The van der Waals surface area contributed by atoms with Crippen LogP contribution in [0.15, 0.2) is 39.7 Å². The van der Waals surface area contributed by atoms with E-state index in [4.69, 9.17) is 0 Å². The number of thiophene rings is 1. The molecule has 0 aliphatic carbocycles. The third-order valence-corrected chi connectivity index (χ3v) is 5.06. The predicted octanol–water partition coefficient (Wildman–Crippen LogP) is 1.66. The number of nitrogens with zero attached hydrogens (tertiary/aromatic N) is 2. The Morgan fingerprint density at radius 1 is 1.50 bits per heavy atom. The molecule has 0 saturated carbocycles. The van der Waals surface area contributed by atoms with Gasteiger partial charge in [0.05, 0.1) is 12.6 Å². The number of amides is 1. The van der Waals surface area contributed by atoms with Crippen molar-refractivity contribution in [2.75, 3.05) is 5.75 Å². The molecule has 3 rings (SSSR count). The van der Waals surface area contributed by atoms with Crippen LogP contribution < -0.4 is 10.9 Å². The summed E-state index contributed by atoms with van der Waals surface area (Å²) < 4.78 is 1.62. The molecule has 1 aliphatic heterocycles. The highest BCUT2D eigenvalue weighted by Crippen LogP contribution is 2.31. The third kappa shape index (κ3) is 2.78. The molecular weight excluding hydrogens is 294 g/mol. The summed E-state index contributed by atoms with van der Waals surface area (Å²) in [5.74, 6) is 0.686. The SMILES string of the molecule is O=C(C[C@@H]1CSc2nccc(=O)n21)NCc1cccs1. The number of carbonyl (C=O) groups excluding carboxylic acids is 1. The van der Waals surface area contributed by atoms with Gasteiger partial charge in [0.25, 0.3) is 5.56 Å². The molecule has 2 aromatic heterocycles. The quantitative estimate of drug-likeness (QED) is 0.873. The molecule has 1 atom stereocenters. The van der Waals surface area contributed by atoms with E-state index in [2.05, 4.69) is 10.3 Å². The highest BCUT2D eigenvalue weighted by molar-refractivity contribution is 7.99. The van der Waals surface area contributed by atoms with Crippen molar-refractivity contribution in [3.63, 3.8) is 0 Å². The molecule has 1 N–H and O–H groups in total. The Labute approximate surface area is 124 Å². The molecule has 1 amide bonds. The van der Waals surface area contributed by atoms with Gasteiger partial charge in [-0.25, -0.2) is 4.98 Å². The zero-order valence-electron chi connectivity index (χ0n) is 10.6. The van der Waals surface area contributed by atoms with Gasteiger partial charge in [-0.3, -0.25) is 14.2 Å². The van der Waals surface area contributed by atoms with E-state index >= 15 is 0 Å². The van der Waals surface area contributed by atoms with Crippen molar-refractivity contribution in [2.24, 2.45) is 0 Å². The maximum absolute atomic E-state index is 12.0. The van der Waals surface area contributed by atoms with Crippen LogP contribution in [0.25, 0.3) is 0 Å². The monoisotopic (exact) mass is 307 g/mol. The van der Waals surface area contributed by atoms with Crippen molar-refractivity contribution in [1.82, 2.24) is 14.9 Å². The average Bonchev–Trinajstić information content (AvgIpc) is 3.07. The van der Waals surface area contributed by atoms with Crippen molar-refractivity contribution >= 4 is 29.0 Å². The van der Waals surface area contributed by atoms with Crippen LogP contribution in [0.1, 0.15) is 17.3 Å². The van der Waals surface area contributed by atoms with E-state index in [0.717, 1.165) is 10.6 Å². The number of hydrogen-bond acceptors (Lipinski definition) is 5. The van der Waals surface area contributed by atoms with Crippen molar-refractivity contribution in [3.05, 3.63) is 45.0 Å². The minimum Gasteiger partial charge on any atom is -0.351 e. The predicted molar refractivity (Wildman–Crippen MR) is 79.0 cm³/mol. The van der Waals surface area contributed by atoms with E-state index < -0.39 is 0 Å². The highest BCUT2D eigenvalue weighted by atomic mass is 32.2. The molecule has 0 aromatic carbocycles. The van der Waals surface area contributed by atoms with Gasteiger partial charge < -0.3 is 5.32 Å². The van der Waals surface area contributed by atoms with Gasteiger partial charge in [-0.2, -0.15) is 0 Å². The maximum atomic E-state index is 12.0. The second-order valence-corrected chi connectivity index (χ2v) is 6.48. The molecule has 104 valence electrons. The summed E-state index contributed by atoms with van der Waals surface area (Å²) in [6, 6.07) is 5.28. The Morgan fingerprint density at radius 2 is 2.40 bits per heavy atom. The molecular formula is C13H13N3O2S2. The first-order valence-electron chi connectivity index (χ1n) is 6.23. The van der Waals surface area contributed by atoms with Gasteiger partial charge in [0.2, 0.25) is 5.91 Å². The molecule has 2 aromatic rings. The number of rotatable bonds is 4. The summed E-state index contributed by atoms with van der Waals surface area (Å²) in [6.45, 7) is 0.547. The van der Waals surface area contributed by atoms with Gasteiger partial charge in [-0.1, -0.05) is 17.8 Å². The zero-order valence-corrected chi connectivity index (χ0v) is 12.2. The van der Waals surface area contributed by atoms with Gasteiger partial charge in [0.15, 0.2) is 5.16 Å². The van der Waals surface area contributed by atoms with Gasteiger partial charge in [0, 0.05) is 29.3 Å². The summed E-state index contributed by atoms with van der Waals surface area (Å²) in [5, 5.41) is 5.57. The van der Waals surface area contributed by atoms with Crippen LogP contribution in [0, 0.1) is 0 Å². The Balaban J connectivity index is 1.62. The van der Waals surface area contributed by atoms with Crippen LogP contribution in [-0.2, 0) is 11.3 Å². The first-order chi connectivity index (χ1) is 9.74. The van der Waals surface area contributed by atoms with E-state index in [1.165, 1.54) is 24.0 Å². The Bertz CT molecular complexity index is 667. The normalized spacial score (nSPS) is 16.9. The minimum absolute atomic E-state index is 0.0346. The smallest absolute Gasteiger partial charge is 0.254 e. The number of aromatic nitrogens is 2. The fourth-order valence-electron chi connectivity index (χ4n) is 2.13. The van der Waals surface area contributed by atoms with Crippen molar-refractivity contribution < 1.29 is 4.79 Å². The van der Waals surface area contributed by atoms with Crippen LogP contribution in [0.4, 0.5) is 0 Å². The van der Waals surface area contributed by atoms with Crippen molar-refractivity contribution in [2.45, 2.75) is 24.2 Å². The van der Waals surface area contributed by atoms with Gasteiger partial charge in [-0.05, 0) is 11.4 Å². The summed E-state index contributed by atoms with van der Waals surface area (Å²) >= 11 is 3.14. The lowest BCUT2D eigenvalue weighted by Crippen LogP contribution is -2.29. The van der Waals surface area contributed by atoms with Crippen LogP contribution in [0.5, 0.6) is 0 Å². The molecule has 0 fully saturated rings. The molecule has 0 saturated heterocycles. The van der Waals surface area contributed by atoms with Crippen LogP contribution in [-0.4, -0.2) is 21.2 Å². The fourth-order valence-corrected chi connectivity index (χ4v) is 3.89. The first-order valence-corrected chi connectivity index (χ1v) is 8.10. The highest BCUT2D eigenvalue weighted by Gasteiger charge is 2.26. The lowest BCUT2D eigenvalue weighted by Gasteiger charge is -2.12. The van der Waals surface area contributed by atoms with Crippen LogP contribution in [0.3, 0.4) is 0 Å². The fraction of sp³-hybridized carbons (Fsp3) is 0.308. The minimum atomic E-state index is -0.0977. The van der Waals surface area contributed by atoms with E-state index in [-0.39, 0.29) is 17.5 Å². The third-order valence-electron chi connectivity index (χ3n) is 3.08.